The Kier molecular flexibility index (Phi) is 8.37. The van der Waals surface area contributed by atoms with Crippen LogP contribution in [0.4, 0.5) is 4.79 Å². The summed E-state index contributed by atoms with van der Waals surface area (Å²) in [5.74, 6) is -0.745. The molecule has 2 N–H and O–H groups in total. The average molecular weight is 377 g/mol. The molecular weight excluding hydrogens is 356 g/mol. The monoisotopic (exact) mass is 376 g/mol. The molecule has 5 nitrogen and oxygen atoms in total. The second-order valence-electron chi connectivity index (χ2n) is 4.88. The summed E-state index contributed by atoms with van der Waals surface area (Å²) in [6, 6.07) is 1.93. The lowest BCUT2D eigenvalue weighted by atomic mass is 10.1. The van der Waals surface area contributed by atoms with Gasteiger partial charge in [-0.3, -0.25) is 4.79 Å². The first-order valence-corrected chi connectivity index (χ1v) is 8.60. The van der Waals surface area contributed by atoms with E-state index in [1.54, 1.807) is 23.3 Å². The van der Waals surface area contributed by atoms with Crippen LogP contribution in [0.25, 0.3) is 0 Å². The Morgan fingerprint density at radius 1 is 1.33 bits per heavy atom. The number of nitrogens with zero attached hydrogens (tertiary/aromatic N) is 1. The standard InChI is InChI=1S/C14H21BrN2O3S/c1-17(9-12-8-11(15)10-21-12)14(20)16-7-5-3-2-4-6-13(18)19/h8,10H,2-7,9H2,1H3,(H,16,20)(H,18,19). The highest BCUT2D eigenvalue weighted by Crippen LogP contribution is 2.20. The smallest absolute Gasteiger partial charge is 0.317 e. The average Bonchev–Trinajstić information content (AvgIpc) is 2.82. The van der Waals surface area contributed by atoms with Gasteiger partial charge in [0.1, 0.15) is 0 Å². The van der Waals surface area contributed by atoms with E-state index in [0.29, 0.717) is 19.5 Å². The van der Waals surface area contributed by atoms with E-state index < -0.39 is 5.97 Å². The third-order valence-electron chi connectivity index (χ3n) is 2.96. The zero-order chi connectivity index (χ0) is 15.7. The van der Waals surface area contributed by atoms with Crippen LogP contribution in [0, 0.1) is 0 Å². The minimum atomic E-state index is -0.745. The van der Waals surface area contributed by atoms with Crippen molar-refractivity contribution in [1.82, 2.24) is 10.2 Å². The second-order valence-corrected chi connectivity index (χ2v) is 6.79. The molecule has 0 aliphatic heterocycles. The summed E-state index contributed by atoms with van der Waals surface area (Å²) < 4.78 is 1.04. The van der Waals surface area contributed by atoms with Gasteiger partial charge in [0, 0.05) is 34.7 Å². The number of amides is 2. The maximum atomic E-state index is 11.9. The molecule has 0 unspecified atom stereocenters. The molecule has 21 heavy (non-hydrogen) atoms. The molecule has 0 aromatic carbocycles. The van der Waals surface area contributed by atoms with Crippen LogP contribution >= 0.6 is 27.3 Å². The van der Waals surface area contributed by atoms with Gasteiger partial charge in [-0.05, 0) is 34.8 Å². The molecule has 0 bridgehead atoms. The molecule has 0 saturated carbocycles. The number of aliphatic carboxylic acids is 1. The van der Waals surface area contributed by atoms with Gasteiger partial charge in [0.2, 0.25) is 0 Å². The van der Waals surface area contributed by atoms with Crippen LogP contribution < -0.4 is 5.32 Å². The maximum Gasteiger partial charge on any atom is 0.317 e. The van der Waals surface area contributed by atoms with Gasteiger partial charge in [-0.2, -0.15) is 0 Å². The number of unbranched alkanes of at least 4 members (excludes halogenated alkanes) is 3. The molecule has 0 aliphatic rings. The molecule has 0 saturated heterocycles. The number of carboxylic acids is 1. The molecule has 7 heteroatoms. The second kappa shape index (κ2) is 9.78. The van der Waals surface area contributed by atoms with Crippen molar-refractivity contribution in [2.45, 2.75) is 38.6 Å². The first kappa shape index (κ1) is 18.0. The summed E-state index contributed by atoms with van der Waals surface area (Å²) in [6.45, 7) is 1.23. The summed E-state index contributed by atoms with van der Waals surface area (Å²) in [5.41, 5.74) is 0. The van der Waals surface area contributed by atoms with Gasteiger partial charge in [0.05, 0.1) is 6.54 Å². The van der Waals surface area contributed by atoms with Crippen LogP contribution in [0.15, 0.2) is 15.9 Å². The number of rotatable bonds is 9. The van der Waals surface area contributed by atoms with Gasteiger partial charge >= 0.3 is 12.0 Å². The summed E-state index contributed by atoms with van der Waals surface area (Å²) in [6.07, 6.45) is 3.64. The molecule has 2 amide bonds. The minimum absolute atomic E-state index is 0.0786. The fourth-order valence-electron chi connectivity index (χ4n) is 1.83. The van der Waals surface area contributed by atoms with Gasteiger partial charge < -0.3 is 15.3 Å². The largest absolute Gasteiger partial charge is 0.481 e. The number of carbonyl (C=O) groups is 2. The third-order valence-corrected chi connectivity index (χ3v) is 4.64. The van der Waals surface area contributed by atoms with Crippen LogP contribution in [-0.2, 0) is 11.3 Å². The van der Waals surface area contributed by atoms with E-state index in [9.17, 15) is 9.59 Å². The highest BCUT2D eigenvalue weighted by Gasteiger charge is 2.09. The number of nitrogens with one attached hydrogen (secondary N) is 1. The number of carbonyl (C=O) groups excluding carboxylic acids is 1. The number of thiophene rings is 1. The first-order chi connectivity index (χ1) is 9.99. The Labute approximate surface area is 137 Å². The lowest BCUT2D eigenvalue weighted by Gasteiger charge is -2.17. The van der Waals surface area contributed by atoms with Gasteiger partial charge in [0.15, 0.2) is 0 Å². The zero-order valence-corrected chi connectivity index (χ0v) is 14.5. The van der Waals surface area contributed by atoms with Crippen molar-refractivity contribution >= 4 is 39.3 Å². The fraction of sp³-hybridized carbons (Fsp3) is 0.571. The molecule has 1 heterocycles. The maximum absolute atomic E-state index is 11.9. The van der Waals surface area contributed by atoms with Gasteiger partial charge in [-0.25, -0.2) is 4.79 Å². The lowest BCUT2D eigenvalue weighted by molar-refractivity contribution is -0.137. The molecule has 0 aliphatic carbocycles. The highest BCUT2D eigenvalue weighted by molar-refractivity contribution is 9.10. The number of carboxylic acid groups (broad SMARTS) is 1. The Morgan fingerprint density at radius 2 is 2.05 bits per heavy atom. The highest BCUT2D eigenvalue weighted by atomic mass is 79.9. The molecule has 118 valence electrons. The van der Waals surface area contributed by atoms with Gasteiger partial charge in [-0.15, -0.1) is 11.3 Å². The molecule has 0 radical (unpaired) electrons. The molecule has 0 spiro atoms. The van der Waals surface area contributed by atoms with Crippen molar-refractivity contribution in [3.8, 4) is 0 Å². The molecule has 0 fully saturated rings. The first-order valence-electron chi connectivity index (χ1n) is 6.92. The van der Waals surface area contributed by atoms with E-state index in [0.717, 1.165) is 28.6 Å². The summed E-state index contributed by atoms with van der Waals surface area (Å²) in [5, 5.41) is 13.4. The summed E-state index contributed by atoms with van der Waals surface area (Å²) in [7, 11) is 1.77. The van der Waals surface area contributed by atoms with Gasteiger partial charge in [-0.1, -0.05) is 12.8 Å². The summed E-state index contributed by atoms with van der Waals surface area (Å²) >= 11 is 5.01. The van der Waals surface area contributed by atoms with Crippen LogP contribution in [0.3, 0.4) is 0 Å². The number of hydrogen-bond acceptors (Lipinski definition) is 3. The molecule has 1 aromatic rings. The topological polar surface area (TPSA) is 69.6 Å². The van der Waals surface area contributed by atoms with Crippen LogP contribution in [0.2, 0.25) is 0 Å². The van der Waals surface area contributed by atoms with Gasteiger partial charge in [0.25, 0.3) is 0 Å². The minimum Gasteiger partial charge on any atom is -0.481 e. The van der Waals surface area contributed by atoms with E-state index in [1.165, 1.54) is 0 Å². The van der Waals surface area contributed by atoms with Crippen LogP contribution in [-0.4, -0.2) is 35.6 Å². The number of urea groups is 1. The van der Waals surface area contributed by atoms with E-state index in [1.807, 2.05) is 11.4 Å². The van der Waals surface area contributed by atoms with Crippen LogP contribution in [0.5, 0.6) is 0 Å². The quantitative estimate of drug-likeness (QED) is 0.645. The van der Waals surface area contributed by atoms with E-state index in [2.05, 4.69) is 21.2 Å². The Bertz CT molecular complexity index is 465. The van der Waals surface area contributed by atoms with Crippen LogP contribution in [0.1, 0.15) is 37.0 Å². The predicted molar refractivity (Wildman–Crippen MR) is 87.6 cm³/mol. The Balaban J connectivity index is 2.08. The molecule has 1 rings (SSSR count). The molecule has 0 atom stereocenters. The predicted octanol–water partition coefficient (Wildman–Crippen LogP) is 3.69. The van der Waals surface area contributed by atoms with Crippen molar-refractivity contribution in [1.29, 1.82) is 0 Å². The lowest BCUT2D eigenvalue weighted by Crippen LogP contribution is -2.37. The Hall–Kier alpha value is -1.08. The van der Waals surface area contributed by atoms with E-state index in [-0.39, 0.29) is 12.5 Å². The van der Waals surface area contributed by atoms with Crippen molar-refractivity contribution in [3.05, 3.63) is 20.8 Å². The van der Waals surface area contributed by atoms with Crippen molar-refractivity contribution in [2.75, 3.05) is 13.6 Å². The SMILES string of the molecule is CN(Cc1cc(Br)cs1)C(=O)NCCCCCCC(=O)O. The fourth-order valence-corrected chi connectivity index (χ4v) is 3.33. The zero-order valence-electron chi connectivity index (χ0n) is 12.1. The van der Waals surface area contributed by atoms with Crippen molar-refractivity contribution in [3.63, 3.8) is 0 Å². The third kappa shape index (κ3) is 8.06. The van der Waals surface area contributed by atoms with E-state index in [4.69, 9.17) is 5.11 Å². The Morgan fingerprint density at radius 3 is 2.67 bits per heavy atom. The molecule has 1 aromatic heterocycles. The number of hydrogen-bond donors (Lipinski definition) is 2. The number of halogens is 1. The normalized spacial score (nSPS) is 10.4. The van der Waals surface area contributed by atoms with E-state index >= 15 is 0 Å². The van der Waals surface area contributed by atoms with Crippen molar-refractivity contribution < 1.29 is 14.7 Å². The molecular formula is C14H21BrN2O3S. The summed E-state index contributed by atoms with van der Waals surface area (Å²) in [4.78, 5) is 25.0. The van der Waals surface area contributed by atoms with Crippen molar-refractivity contribution in [2.24, 2.45) is 0 Å².